The van der Waals surface area contributed by atoms with Gasteiger partial charge in [0, 0.05) is 24.5 Å². The predicted octanol–water partition coefficient (Wildman–Crippen LogP) is 0.757. The molecule has 0 unspecified atom stereocenters. The van der Waals surface area contributed by atoms with Gasteiger partial charge in [-0.05, 0) is 12.5 Å². The van der Waals surface area contributed by atoms with Crippen molar-refractivity contribution in [2.75, 3.05) is 6.54 Å². The zero-order valence-corrected chi connectivity index (χ0v) is 6.54. The molecule has 0 bridgehead atoms. The molecule has 58 valence electrons. The molecule has 0 fully saturated rings. The summed E-state index contributed by atoms with van der Waals surface area (Å²) in [6.45, 7) is 6.06. The van der Waals surface area contributed by atoms with Crippen molar-refractivity contribution in [3.05, 3.63) is 30.4 Å². The average Bonchev–Trinajstić information content (AvgIpc) is 2.05. The molecule has 0 spiro atoms. The molecule has 0 aliphatic carbocycles. The Hall–Kier alpha value is -1.22. The summed E-state index contributed by atoms with van der Waals surface area (Å²) in [5.41, 5.74) is 7.17. The topological polar surface area (TPSA) is 51.8 Å². The first-order chi connectivity index (χ1) is 5.24. The zero-order chi connectivity index (χ0) is 8.27. The summed E-state index contributed by atoms with van der Waals surface area (Å²) in [6.07, 6.45) is 3.47. The second-order valence-corrected chi connectivity index (χ2v) is 2.33. The van der Waals surface area contributed by atoms with Gasteiger partial charge in [-0.15, -0.1) is 0 Å². The number of hydrogen-bond donors (Lipinski definition) is 1. The maximum Gasteiger partial charge on any atom is 0.125 e. The van der Waals surface area contributed by atoms with Gasteiger partial charge in [0.05, 0.1) is 0 Å². The van der Waals surface area contributed by atoms with E-state index in [1.807, 2.05) is 6.92 Å². The fraction of sp³-hybridized carbons (Fsp3) is 0.250. The van der Waals surface area contributed by atoms with Gasteiger partial charge in [0.25, 0.3) is 0 Å². The minimum absolute atomic E-state index is 0.451. The molecule has 3 heteroatoms. The lowest BCUT2D eigenvalue weighted by atomic mass is 10.2. The van der Waals surface area contributed by atoms with Gasteiger partial charge in [-0.1, -0.05) is 6.58 Å². The molecule has 11 heavy (non-hydrogen) atoms. The quantitative estimate of drug-likeness (QED) is 0.675. The lowest BCUT2D eigenvalue weighted by molar-refractivity contribution is 1.04. The second kappa shape index (κ2) is 3.25. The molecule has 2 N–H and O–H groups in total. The van der Waals surface area contributed by atoms with Gasteiger partial charge in [0.2, 0.25) is 0 Å². The van der Waals surface area contributed by atoms with E-state index < -0.39 is 0 Å². The molecule has 1 heterocycles. The number of aryl methyl sites for hydroxylation is 1. The standard InChI is InChI=1S/C8H11N3/c1-6(3-9)8-4-10-7(2)11-5-8/h4-5H,1,3,9H2,2H3. The van der Waals surface area contributed by atoms with Crippen LogP contribution in [0.15, 0.2) is 19.0 Å². The molecular weight excluding hydrogens is 138 g/mol. The molecule has 0 saturated heterocycles. The minimum Gasteiger partial charge on any atom is -0.326 e. The van der Waals surface area contributed by atoms with Gasteiger partial charge in [-0.2, -0.15) is 0 Å². The van der Waals surface area contributed by atoms with Crippen molar-refractivity contribution < 1.29 is 0 Å². The number of aromatic nitrogens is 2. The number of nitrogens with two attached hydrogens (primary N) is 1. The molecule has 0 aromatic carbocycles. The van der Waals surface area contributed by atoms with E-state index in [-0.39, 0.29) is 0 Å². The lowest BCUT2D eigenvalue weighted by Gasteiger charge is -2.00. The van der Waals surface area contributed by atoms with Gasteiger partial charge in [-0.3, -0.25) is 0 Å². The number of hydrogen-bond acceptors (Lipinski definition) is 3. The highest BCUT2D eigenvalue weighted by Gasteiger charge is 1.95. The van der Waals surface area contributed by atoms with Crippen LogP contribution in [0.1, 0.15) is 11.4 Å². The second-order valence-electron chi connectivity index (χ2n) is 2.33. The molecule has 0 aliphatic heterocycles. The summed E-state index contributed by atoms with van der Waals surface area (Å²) in [5.74, 6) is 0.763. The van der Waals surface area contributed by atoms with Crippen molar-refractivity contribution in [2.24, 2.45) is 5.73 Å². The Morgan fingerprint density at radius 2 is 2.09 bits per heavy atom. The van der Waals surface area contributed by atoms with E-state index in [0.29, 0.717) is 6.54 Å². The summed E-state index contributed by atoms with van der Waals surface area (Å²) < 4.78 is 0. The smallest absolute Gasteiger partial charge is 0.125 e. The molecular formula is C8H11N3. The highest BCUT2D eigenvalue weighted by Crippen LogP contribution is 2.06. The van der Waals surface area contributed by atoms with Crippen LogP contribution in [0.25, 0.3) is 5.57 Å². The van der Waals surface area contributed by atoms with Crippen LogP contribution in [0.5, 0.6) is 0 Å². The van der Waals surface area contributed by atoms with Gasteiger partial charge in [0.15, 0.2) is 0 Å². The third kappa shape index (κ3) is 1.85. The van der Waals surface area contributed by atoms with Crippen LogP contribution in [-0.4, -0.2) is 16.5 Å². The number of rotatable bonds is 2. The van der Waals surface area contributed by atoms with E-state index in [0.717, 1.165) is 17.0 Å². The van der Waals surface area contributed by atoms with Crippen LogP contribution in [0.2, 0.25) is 0 Å². The van der Waals surface area contributed by atoms with Crippen molar-refractivity contribution in [3.63, 3.8) is 0 Å². The Labute approximate surface area is 66.0 Å². The van der Waals surface area contributed by atoms with E-state index in [1.165, 1.54) is 0 Å². The average molecular weight is 149 g/mol. The van der Waals surface area contributed by atoms with E-state index in [2.05, 4.69) is 16.5 Å². The highest BCUT2D eigenvalue weighted by molar-refractivity contribution is 5.62. The van der Waals surface area contributed by atoms with Crippen LogP contribution < -0.4 is 5.73 Å². The predicted molar refractivity (Wildman–Crippen MR) is 44.9 cm³/mol. The molecule has 0 amide bonds. The van der Waals surface area contributed by atoms with Crippen LogP contribution in [-0.2, 0) is 0 Å². The molecule has 1 rings (SSSR count). The summed E-state index contributed by atoms with van der Waals surface area (Å²) in [4.78, 5) is 8.04. The summed E-state index contributed by atoms with van der Waals surface area (Å²) >= 11 is 0. The largest absolute Gasteiger partial charge is 0.326 e. The molecule has 0 saturated carbocycles. The fourth-order valence-electron chi connectivity index (χ4n) is 0.693. The van der Waals surface area contributed by atoms with Crippen LogP contribution in [0, 0.1) is 6.92 Å². The first-order valence-electron chi connectivity index (χ1n) is 3.41. The third-order valence-corrected chi connectivity index (χ3v) is 1.44. The van der Waals surface area contributed by atoms with E-state index in [9.17, 15) is 0 Å². The van der Waals surface area contributed by atoms with Crippen molar-refractivity contribution in [1.29, 1.82) is 0 Å². The van der Waals surface area contributed by atoms with E-state index in [1.54, 1.807) is 12.4 Å². The summed E-state index contributed by atoms with van der Waals surface area (Å²) in [6, 6.07) is 0. The third-order valence-electron chi connectivity index (χ3n) is 1.44. The van der Waals surface area contributed by atoms with Crippen molar-refractivity contribution in [3.8, 4) is 0 Å². The maximum absolute atomic E-state index is 5.39. The van der Waals surface area contributed by atoms with Gasteiger partial charge in [0.1, 0.15) is 5.82 Å². The maximum atomic E-state index is 5.39. The minimum atomic E-state index is 0.451. The molecule has 0 atom stereocenters. The highest BCUT2D eigenvalue weighted by atomic mass is 14.8. The van der Waals surface area contributed by atoms with Crippen LogP contribution in [0.4, 0.5) is 0 Å². The normalized spacial score (nSPS) is 9.64. The lowest BCUT2D eigenvalue weighted by Crippen LogP contribution is -2.02. The molecule has 0 radical (unpaired) electrons. The van der Waals surface area contributed by atoms with Crippen LogP contribution in [0.3, 0.4) is 0 Å². The Morgan fingerprint density at radius 3 is 2.55 bits per heavy atom. The van der Waals surface area contributed by atoms with Gasteiger partial charge < -0.3 is 5.73 Å². The van der Waals surface area contributed by atoms with E-state index in [4.69, 9.17) is 5.73 Å². The Balaban J connectivity index is 2.90. The Morgan fingerprint density at radius 1 is 1.55 bits per heavy atom. The van der Waals surface area contributed by atoms with Crippen molar-refractivity contribution >= 4 is 5.57 Å². The molecule has 3 nitrogen and oxygen atoms in total. The SMILES string of the molecule is C=C(CN)c1cnc(C)nc1. The van der Waals surface area contributed by atoms with Crippen LogP contribution >= 0.6 is 0 Å². The zero-order valence-electron chi connectivity index (χ0n) is 6.54. The van der Waals surface area contributed by atoms with Gasteiger partial charge >= 0.3 is 0 Å². The summed E-state index contributed by atoms with van der Waals surface area (Å²) in [5, 5.41) is 0. The molecule has 1 aromatic heterocycles. The Bertz CT molecular complexity index is 251. The summed E-state index contributed by atoms with van der Waals surface area (Å²) in [7, 11) is 0. The van der Waals surface area contributed by atoms with Crippen molar-refractivity contribution in [1.82, 2.24) is 9.97 Å². The molecule has 0 aliphatic rings. The van der Waals surface area contributed by atoms with Gasteiger partial charge in [-0.25, -0.2) is 9.97 Å². The molecule has 1 aromatic rings. The van der Waals surface area contributed by atoms with E-state index >= 15 is 0 Å². The van der Waals surface area contributed by atoms with Crippen molar-refractivity contribution in [2.45, 2.75) is 6.92 Å². The monoisotopic (exact) mass is 149 g/mol. The Kier molecular flexibility index (Phi) is 2.33. The fourth-order valence-corrected chi connectivity index (χ4v) is 0.693. The first-order valence-corrected chi connectivity index (χ1v) is 3.41. The first kappa shape index (κ1) is 7.88. The number of nitrogens with zero attached hydrogens (tertiary/aromatic N) is 2.